The van der Waals surface area contributed by atoms with E-state index in [2.05, 4.69) is 0 Å². The van der Waals surface area contributed by atoms with E-state index in [1.807, 2.05) is 6.07 Å². The molecule has 1 aliphatic rings. The Kier molecular flexibility index (Phi) is 5.43. The van der Waals surface area contributed by atoms with Gasteiger partial charge in [0.05, 0.1) is 11.1 Å². The Morgan fingerprint density at radius 3 is 2.50 bits per heavy atom. The first-order chi connectivity index (χ1) is 14.2. The fourth-order valence-electron chi connectivity index (χ4n) is 4.49. The van der Waals surface area contributed by atoms with Crippen molar-refractivity contribution < 1.29 is 21.6 Å². The fraction of sp³-hybridized carbons (Fsp3) is 0.391. The average molecular weight is 436 g/mol. The van der Waals surface area contributed by atoms with Crippen molar-refractivity contribution in [2.45, 2.75) is 56.5 Å². The van der Waals surface area contributed by atoms with Gasteiger partial charge in [-0.2, -0.15) is 13.2 Å². The number of hydrogen-bond donors (Lipinski definition) is 0. The molecular weight excluding hydrogens is 411 g/mol. The molecule has 30 heavy (non-hydrogen) atoms. The molecule has 1 aromatic heterocycles. The lowest BCUT2D eigenvalue weighted by Gasteiger charge is -2.15. The van der Waals surface area contributed by atoms with Crippen LogP contribution in [0.3, 0.4) is 0 Å². The van der Waals surface area contributed by atoms with Crippen LogP contribution in [0.4, 0.5) is 13.2 Å². The first-order valence-corrected chi connectivity index (χ1v) is 11.6. The van der Waals surface area contributed by atoms with Crippen molar-refractivity contribution in [1.29, 1.82) is 0 Å². The molecule has 7 heteroatoms. The average Bonchev–Trinajstić information content (AvgIpc) is 3.35. The lowest BCUT2D eigenvalue weighted by Crippen LogP contribution is -2.18. The number of nitrogens with zero attached hydrogens (tertiary/aromatic N) is 1. The highest BCUT2D eigenvalue weighted by molar-refractivity contribution is 7.90. The van der Waals surface area contributed by atoms with Crippen LogP contribution in [0.1, 0.15) is 48.8 Å². The molecule has 0 bridgehead atoms. The normalized spacial score (nSPS) is 15.9. The van der Waals surface area contributed by atoms with E-state index in [1.54, 1.807) is 18.2 Å². The van der Waals surface area contributed by atoms with Crippen molar-refractivity contribution in [3.63, 3.8) is 0 Å². The van der Waals surface area contributed by atoms with Crippen LogP contribution in [-0.2, 0) is 22.6 Å². The third-order valence-electron chi connectivity index (χ3n) is 6.06. The van der Waals surface area contributed by atoms with Gasteiger partial charge < -0.3 is 0 Å². The van der Waals surface area contributed by atoms with Gasteiger partial charge >= 0.3 is 6.18 Å². The summed E-state index contributed by atoms with van der Waals surface area (Å²) in [5, 5.41) is 0.778. The highest BCUT2D eigenvalue weighted by Crippen LogP contribution is 2.37. The Bertz CT molecular complexity index is 1170. The third kappa shape index (κ3) is 3.87. The highest BCUT2D eigenvalue weighted by atomic mass is 32.2. The molecule has 160 valence electrons. The molecule has 1 fully saturated rings. The van der Waals surface area contributed by atoms with Gasteiger partial charge in [0.2, 0.25) is 0 Å². The van der Waals surface area contributed by atoms with Gasteiger partial charge in [-0.25, -0.2) is 12.4 Å². The van der Waals surface area contributed by atoms with Crippen LogP contribution in [-0.4, -0.2) is 12.4 Å². The Morgan fingerprint density at radius 1 is 1.07 bits per heavy atom. The summed E-state index contributed by atoms with van der Waals surface area (Å²) in [7, 11) is -4.40. The first kappa shape index (κ1) is 21.0. The van der Waals surface area contributed by atoms with E-state index < -0.39 is 26.7 Å². The maximum atomic E-state index is 13.6. The molecule has 0 saturated heterocycles. The summed E-state index contributed by atoms with van der Waals surface area (Å²) in [4.78, 5) is -0.727. The van der Waals surface area contributed by atoms with Gasteiger partial charge in [-0.3, -0.25) is 0 Å². The first-order valence-electron chi connectivity index (χ1n) is 10.2. The molecule has 0 spiro atoms. The number of rotatable bonds is 5. The summed E-state index contributed by atoms with van der Waals surface area (Å²) in [5.74, 6) is 0.702. The van der Waals surface area contributed by atoms with Crippen molar-refractivity contribution in [2.24, 2.45) is 5.92 Å². The quantitative estimate of drug-likeness (QED) is 0.470. The zero-order chi connectivity index (χ0) is 21.5. The second-order valence-electron chi connectivity index (χ2n) is 8.15. The molecule has 2 aromatic carbocycles. The molecule has 0 aliphatic heterocycles. The van der Waals surface area contributed by atoms with E-state index in [-0.39, 0.29) is 0 Å². The van der Waals surface area contributed by atoms with Gasteiger partial charge in [-0.15, -0.1) is 0 Å². The van der Waals surface area contributed by atoms with E-state index in [0.717, 1.165) is 39.9 Å². The number of fused-ring (bicyclic) bond motifs is 1. The largest absolute Gasteiger partial charge is 0.417 e. The molecule has 0 N–H and O–H groups in total. The van der Waals surface area contributed by atoms with Crippen LogP contribution in [0.15, 0.2) is 53.6 Å². The van der Waals surface area contributed by atoms with Crippen LogP contribution in [0.25, 0.3) is 10.9 Å². The molecule has 0 radical (unpaired) electrons. The lowest BCUT2D eigenvalue weighted by molar-refractivity contribution is -0.139. The van der Waals surface area contributed by atoms with Crippen LogP contribution in [0.5, 0.6) is 0 Å². The minimum Gasteiger partial charge on any atom is -0.241 e. The van der Waals surface area contributed by atoms with Gasteiger partial charge in [-0.05, 0) is 55.5 Å². The molecule has 1 aliphatic carbocycles. The zero-order valence-electron chi connectivity index (χ0n) is 16.7. The van der Waals surface area contributed by atoms with Crippen LogP contribution < -0.4 is 0 Å². The molecule has 0 amide bonds. The summed E-state index contributed by atoms with van der Waals surface area (Å²) in [5.41, 5.74) is 0.662. The standard InChI is InChI=1S/C23H24F3NO2S/c1-16-9-12-22(20(15-16)23(24,25)26)30(28,29)27-14-13-19-18(7-4-8-21(19)27)11-10-17-5-2-3-6-17/h4,7-9,12-15,17H,2-3,5-6,10-11H2,1H3. The van der Waals surface area contributed by atoms with E-state index in [1.165, 1.54) is 44.9 Å². The van der Waals surface area contributed by atoms with Crippen molar-refractivity contribution in [1.82, 2.24) is 3.97 Å². The lowest BCUT2D eigenvalue weighted by atomic mass is 9.96. The minimum absolute atomic E-state index is 0.354. The summed E-state index contributed by atoms with van der Waals surface area (Å²) in [6.07, 6.45) is 3.49. The van der Waals surface area contributed by atoms with Gasteiger partial charge in [-0.1, -0.05) is 49.4 Å². The van der Waals surface area contributed by atoms with Gasteiger partial charge in [0.1, 0.15) is 4.90 Å². The Hall–Kier alpha value is -2.28. The van der Waals surface area contributed by atoms with E-state index in [9.17, 15) is 21.6 Å². The maximum Gasteiger partial charge on any atom is 0.417 e. The second kappa shape index (κ2) is 7.76. The molecule has 4 rings (SSSR count). The SMILES string of the molecule is Cc1ccc(S(=O)(=O)n2ccc3c(CCC4CCCC4)cccc32)c(C(F)(F)F)c1. The predicted octanol–water partition coefficient (Wildman–Crippen LogP) is 6.33. The van der Waals surface area contributed by atoms with Gasteiger partial charge in [0, 0.05) is 11.6 Å². The van der Waals surface area contributed by atoms with Crippen molar-refractivity contribution in [2.75, 3.05) is 0 Å². The number of aryl methyl sites for hydroxylation is 2. The van der Waals surface area contributed by atoms with E-state index >= 15 is 0 Å². The third-order valence-corrected chi connectivity index (χ3v) is 7.81. The van der Waals surface area contributed by atoms with Gasteiger partial charge in [0.15, 0.2) is 0 Å². The van der Waals surface area contributed by atoms with E-state index in [0.29, 0.717) is 17.0 Å². The Labute approximate surface area is 174 Å². The monoisotopic (exact) mass is 435 g/mol. The number of aromatic nitrogens is 1. The van der Waals surface area contributed by atoms with Crippen LogP contribution >= 0.6 is 0 Å². The number of halogens is 3. The van der Waals surface area contributed by atoms with Crippen LogP contribution in [0.2, 0.25) is 0 Å². The molecule has 0 unspecified atom stereocenters. The van der Waals surface area contributed by atoms with Crippen molar-refractivity contribution >= 4 is 20.9 Å². The van der Waals surface area contributed by atoms with E-state index in [4.69, 9.17) is 0 Å². The van der Waals surface area contributed by atoms with Crippen molar-refractivity contribution in [3.8, 4) is 0 Å². The molecule has 1 saturated carbocycles. The predicted molar refractivity (Wildman–Crippen MR) is 111 cm³/mol. The fourth-order valence-corrected chi connectivity index (χ4v) is 6.03. The topological polar surface area (TPSA) is 39.1 Å². The minimum atomic E-state index is -4.76. The number of alkyl halides is 3. The van der Waals surface area contributed by atoms with Gasteiger partial charge in [0.25, 0.3) is 10.0 Å². The number of hydrogen-bond acceptors (Lipinski definition) is 2. The molecule has 0 atom stereocenters. The van der Waals surface area contributed by atoms with Crippen LogP contribution in [0, 0.1) is 12.8 Å². The molecule has 1 heterocycles. The van der Waals surface area contributed by atoms with Crippen molar-refractivity contribution in [3.05, 3.63) is 65.4 Å². The zero-order valence-corrected chi connectivity index (χ0v) is 17.6. The summed E-state index contributed by atoms with van der Waals surface area (Å²) < 4.78 is 68.1. The summed E-state index contributed by atoms with van der Waals surface area (Å²) in [6, 6.07) is 10.4. The second-order valence-corrected chi connectivity index (χ2v) is 9.94. The molecule has 3 aromatic rings. The molecular formula is C23H24F3NO2S. The summed E-state index contributed by atoms with van der Waals surface area (Å²) >= 11 is 0. The number of benzene rings is 2. The Morgan fingerprint density at radius 2 is 1.80 bits per heavy atom. The highest BCUT2D eigenvalue weighted by Gasteiger charge is 2.38. The smallest absolute Gasteiger partial charge is 0.241 e. The maximum absolute atomic E-state index is 13.6. The molecule has 3 nitrogen and oxygen atoms in total. The Balaban J connectivity index is 1.76. The summed E-state index contributed by atoms with van der Waals surface area (Å²) in [6.45, 7) is 1.51.